The van der Waals surface area contributed by atoms with E-state index in [9.17, 15) is 0 Å². The number of hydrogen-bond acceptors (Lipinski definition) is 8. The molecule has 0 spiro atoms. The van der Waals surface area contributed by atoms with Crippen molar-refractivity contribution in [2.75, 3.05) is 0 Å². The zero-order valence-electron chi connectivity index (χ0n) is 21.7. The summed E-state index contributed by atoms with van der Waals surface area (Å²) in [7, 11) is 0. The SMILES string of the molecule is [CH3+].[CH3+].[SH2+]/C(=N\N=C\c1ccco1)SCc1ccccc1.[SH2+]/C(=N\N=C\c1ccco1)SCc1ccccc1.[Sn]. The average Bonchev–Trinajstić information content (AvgIpc) is 3.63. The van der Waals surface area contributed by atoms with Crippen molar-refractivity contribution < 1.29 is 8.83 Å². The normalized spacial score (nSPS) is 11.2. The van der Waals surface area contributed by atoms with Gasteiger partial charge in [0.2, 0.25) is 0 Å². The molecule has 2 aromatic heterocycles. The van der Waals surface area contributed by atoms with E-state index in [1.54, 1.807) is 48.5 Å². The molecular weight excluding hydrogens is 671 g/mol. The summed E-state index contributed by atoms with van der Waals surface area (Å²) >= 11 is 10.0. The number of nitrogens with zero attached hydrogens (tertiary/aromatic N) is 4. The molecule has 2 aromatic carbocycles. The van der Waals surface area contributed by atoms with Crippen LogP contribution in [0, 0.1) is 14.9 Å². The maximum absolute atomic E-state index is 5.10. The van der Waals surface area contributed by atoms with Gasteiger partial charge in [0.1, 0.15) is 11.5 Å². The molecule has 4 aromatic rings. The zero-order chi connectivity index (χ0) is 25.3. The number of benzene rings is 2. The molecule has 0 atom stereocenters. The van der Waals surface area contributed by atoms with Crippen molar-refractivity contribution in [3.8, 4) is 0 Å². The molecule has 0 unspecified atom stereocenters. The minimum atomic E-state index is 0. The van der Waals surface area contributed by atoms with Gasteiger partial charge in [-0.2, -0.15) is 0 Å². The van der Waals surface area contributed by atoms with Crippen molar-refractivity contribution in [2.45, 2.75) is 11.5 Å². The van der Waals surface area contributed by atoms with Crippen LogP contribution in [0.2, 0.25) is 0 Å². The van der Waals surface area contributed by atoms with Crippen molar-refractivity contribution in [1.29, 1.82) is 0 Å². The maximum atomic E-state index is 5.10. The third-order valence-corrected chi connectivity index (χ3v) is 6.92. The summed E-state index contributed by atoms with van der Waals surface area (Å²) < 4.78 is 11.7. The van der Waals surface area contributed by atoms with Crippen molar-refractivity contribution in [1.82, 2.24) is 0 Å². The van der Waals surface area contributed by atoms with Gasteiger partial charge in [0.15, 0.2) is 0 Å². The molecule has 39 heavy (non-hydrogen) atoms. The number of hydrogen-bond donors (Lipinski definition) is 0. The van der Waals surface area contributed by atoms with Crippen LogP contribution < -0.4 is 0 Å². The van der Waals surface area contributed by atoms with Crippen LogP contribution in [0.1, 0.15) is 22.6 Å². The molecular formula is C28H32N4O2S4Sn+4. The van der Waals surface area contributed by atoms with E-state index in [2.05, 4.69) is 69.9 Å². The largest absolute Gasteiger partial charge is 0.463 e. The third-order valence-electron chi connectivity index (χ3n) is 4.19. The Hall–Kier alpha value is -2.38. The zero-order valence-corrected chi connectivity index (χ0v) is 28.2. The van der Waals surface area contributed by atoms with E-state index in [0.29, 0.717) is 11.5 Å². The van der Waals surface area contributed by atoms with Gasteiger partial charge < -0.3 is 8.83 Å². The van der Waals surface area contributed by atoms with Crippen molar-refractivity contribution in [3.05, 3.63) is 135 Å². The van der Waals surface area contributed by atoms with E-state index >= 15 is 0 Å². The molecule has 200 valence electrons. The Balaban J connectivity index is 0.000000688. The smallest absolute Gasteiger partial charge is 0.296 e. The first-order valence-electron chi connectivity index (χ1n) is 10.7. The Morgan fingerprint density at radius 3 is 1.33 bits per heavy atom. The summed E-state index contributed by atoms with van der Waals surface area (Å²) in [6.45, 7) is 0. The van der Waals surface area contributed by atoms with E-state index in [4.69, 9.17) is 8.83 Å². The van der Waals surface area contributed by atoms with Crippen LogP contribution in [0.5, 0.6) is 0 Å². The standard InChI is InChI=1S/2C13H12N2OS2.2CH3.Sn/c2*17-13(15-14-9-12-7-4-8-16-12)18-10-11-5-2-1-3-6-11;;;/h2*1-9H,10H2,(H,15,17);2*1H3;/q;;2*+1;/p+2/b2*14-9+;;;. The summed E-state index contributed by atoms with van der Waals surface area (Å²) in [4.78, 5) is 0. The van der Waals surface area contributed by atoms with Crippen LogP contribution in [0.15, 0.2) is 127 Å². The molecule has 6 nitrogen and oxygen atoms in total. The van der Waals surface area contributed by atoms with Gasteiger partial charge in [0.25, 0.3) is 8.75 Å². The first kappa shape index (κ1) is 36.6. The molecule has 11 heteroatoms. The summed E-state index contributed by atoms with van der Waals surface area (Å²) in [6.07, 6.45) is 6.35. The second-order valence-electron chi connectivity index (χ2n) is 6.88. The van der Waals surface area contributed by atoms with Gasteiger partial charge in [-0.15, -0.1) is 10.2 Å². The fourth-order valence-electron chi connectivity index (χ4n) is 2.52. The van der Waals surface area contributed by atoms with Gasteiger partial charge in [-0.05, 0) is 58.9 Å². The fourth-order valence-corrected chi connectivity index (χ4v) is 4.27. The second-order valence-corrected chi connectivity index (χ2v) is 10.5. The quantitative estimate of drug-likeness (QED) is 0.0536. The van der Waals surface area contributed by atoms with Gasteiger partial charge in [-0.1, -0.05) is 70.9 Å². The average molecular weight is 704 g/mol. The van der Waals surface area contributed by atoms with E-state index in [1.165, 1.54) is 11.1 Å². The molecule has 4 radical (unpaired) electrons. The van der Waals surface area contributed by atoms with Crippen molar-refractivity contribution in [3.63, 3.8) is 0 Å². The van der Waals surface area contributed by atoms with Gasteiger partial charge in [-0.25, -0.2) is 0 Å². The maximum Gasteiger partial charge on any atom is 0.296 e. The molecule has 0 saturated carbocycles. The molecule has 0 N–H and O–H groups in total. The second kappa shape index (κ2) is 22.4. The Labute approximate surface area is 267 Å². The van der Waals surface area contributed by atoms with E-state index < -0.39 is 0 Å². The van der Waals surface area contributed by atoms with Crippen LogP contribution in [0.3, 0.4) is 0 Å². The monoisotopic (exact) mass is 704 g/mol. The molecule has 0 saturated heterocycles. The fraction of sp³-hybridized carbons (Fsp3) is 0.0714. The van der Waals surface area contributed by atoms with E-state index in [0.717, 1.165) is 20.3 Å². The molecule has 0 amide bonds. The molecule has 2 heterocycles. The van der Waals surface area contributed by atoms with E-state index in [1.807, 2.05) is 60.7 Å². The van der Waals surface area contributed by atoms with Gasteiger partial charge >= 0.3 is 0 Å². The van der Waals surface area contributed by atoms with Crippen molar-refractivity contribution >= 4 is 93.9 Å². The van der Waals surface area contributed by atoms with Gasteiger partial charge in [0.05, 0.1) is 25.0 Å². The van der Waals surface area contributed by atoms with Gasteiger partial charge in [-0.3, -0.25) is 0 Å². The molecule has 0 aliphatic heterocycles. The summed E-state index contributed by atoms with van der Waals surface area (Å²) in [5.41, 5.74) is 2.51. The molecule has 0 aliphatic rings. The summed E-state index contributed by atoms with van der Waals surface area (Å²) in [5.74, 6) is 3.09. The first-order chi connectivity index (χ1) is 17.7. The predicted molar refractivity (Wildman–Crippen MR) is 182 cm³/mol. The van der Waals surface area contributed by atoms with Crippen molar-refractivity contribution in [2.24, 2.45) is 20.4 Å². The van der Waals surface area contributed by atoms with Gasteiger partial charge in [0, 0.05) is 75.5 Å². The van der Waals surface area contributed by atoms with Crippen LogP contribution in [0.25, 0.3) is 0 Å². The molecule has 0 bridgehead atoms. The topological polar surface area (TPSA) is 75.7 Å². The summed E-state index contributed by atoms with van der Waals surface area (Å²) in [6, 6.07) is 27.7. The van der Waals surface area contributed by atoms with Crippen LogP contribution >= 0.6 is 23.5 Å². The molecule has 0 fully saturated rings. The van der Waals surface area contributed by atoms with Crippen LogP contribution in [-0.4, -0.2) is 45.1 Å². The first-order valence-corrected chi connectivity index (χ1v) is 13.7. The number of furan rings is 2. The number of rotatable bonds is 8. The Kier molecular flexibility index (Phi) is 21.1. The van der Waals surface area contributed by atoms with Crippen LogP contribution in [-0.2, 0) is 36.8 Å². The number of thioether (sulfide) groups is 2. The minimum absolute atomic E-state index is 0. The Morgan fingerprint density at radius 2 is 1.00 bits per heavy atom. The Bertz CT molecular complexity index is 1150. The minimum Gasteiger partial charge on any atom is -0.463 e. The van der Waals surface area contributed by atoms with Crippen LogP contribution in [0.4, 0.5) is 0 Å². The Morgan fingerprint density at radius 1 is 0.615 bits per heavy atom. The summed E-state index contributed by atoms with van der Waals surface area (Å²) in [5, 5.41) is 15.9. The molecule has 4 rings (SSSR count). The third kappa shape index (κ3) is 16.4. The van der Waals surface area contributed by atoms with E-state index in [-0.39, 0.29) is 38.8 Å². The predicted octanol–water partition coefficient (Wildman–Crippen LogP) is 6.35. The molecule has 0 aliphatic carbocycles.